The molecule has 142 valence electrons. The summed E-state index contributed by atoms with van der Waals surface area (Å²) in [6, 6.07) is 5.38. The molecule has 7 nitrogen and oxygen atoms in total. The molecule has 0 spiro atoms. The lowest BCUT2D eigenvalue weighted by atomic mass is 10.1. The standard InChI is InChI=1S/C19H22ClN5O2/c1-13-12-25-6-5-21-17(18(25)22-13)23-7-9-24(10-8-23)19(26)15-11-14(20)3-4-16(15)27-2/h3-6,11,13H,7-10,12H2,1-2H3. The molecular weight excluding hydrogens is 366 g/mol. The van der Waals surface area contributed by atoms with E-state index in [9.17, 15) is 4.79 Å². The molecule has 27 heavy (non-hydrogen) atoms. The van der Waals surface area contributed by atoms with E-state index >= 15 is 0 Å². The highest BCUT2D eigenvalue weighted by Crippen LogP contribution is 2.25. The van der Waals surface area contributed by atoms with Crippen LogP contribution in [0.5, 0.6) is 5.75 Å². The van der Waals surface area contributed by atoms with Crippen molar-refractivity contribution in [2.24, 2.45) is 9.98 Å². The van der Waals surface area contributed by atoms with E-state index in [2.05, 4.69) is 21.7 Å². The summed E-state index contributed by atoms with van der Waals surface area (Å²) in [6.07, 6.45) is 3.79. The summed E-state index contributed by atoms with van der Waals surface area (Å²) in [4.78, 5) is 28.4. The highest BCUT2D eigenvalue weighted by molar-refractivity contribution is 6.41. The van der Waals surface area contributed by atoms with E-state index in [1.165, 1.54) is 0 Å². The van der Waals surface area contributed by atoms with Gasteiger partial charge in [0, 0.05) is 50.1 Å². The van der Waals surface area contributed by atoms with Crippen LogP contribution in [0.1, 0.15) is 17.3 Å². The first-order valence-corrected chi connectivity index (χ1v) is 9.41. The van der Waals surface area contributed by atoms with Gasteiger partial charge < -0.3 is 19.4 Å². The molecule has 1 fully saturated rings. The lowest BCUT2D eigenvalue weighted by molar-refractivity contribution is 0.0689. The Morgan fingerprint density at radius 1 is 1.22 bits per heavy atom. The van der Waals surface area contributed by atoms with E-state index in [1.807, 2.05) is 17.3 Å². The molecule has 0 aliphatic carbocycles. The largest absolute Gasteiger partial charge is 0.496 e. The van der Waals surface area contributed by atoms with E-state index in [-0.39, 0.29) is 11.9 Å². The van der Waals surface area contributed by atoms with Crippen LogP contribution in [0.2, 0.25) is 5.02 Å². The summed E-state index contributed by atoms with van der Waals surface area (Å²) < 4.78 is 5.32. The zero-order chi connectivity index (χ0) is 19.0. The molecule has 3 aliphatic heterocycles. The molecule has 1 unspecified atom stereocenters. The molecule has 0 N–H and O–H groups in total. The maximum atomic E-state index is 12.9. The Balaban J connectivity index is 1.46. The summed E-state index contributed by atoms with van der Waals surface area (Å²) in [5, 5.41) is 0.523. The van der Waals surface area contributed by atoms with Crippen molar-refractivity contribution >= 4 is 29.2 Å². The van der Waals surface area contributed by atoms with Crippen LogP contribution >= 0.6 is 11.6 Å². The van der Waals surface area contributed by atoms with Gasteiger partial charge in [0.25, 0.3) is 5.91 Å². The van der Waals surface area contributed by atoms with Crippen LogP contribution < -0.4 is 4.74 Å². The van der Waals surface area contributed by atoms with Crippen molar-refractivity contribution in [3.8, 4) is 5.75 Å². The Bertz CT molecular complexity index is 843. The van der Waals surface area contributed by atoms with Crippen molar-refractivity contribution in [3.63, 3.8) is 0 Å². The first-order valence-electron chi connectivity index (χ1n) is 9.04. The third-order valence-corrected chi connectivity index (χ3v) is 5.21. The fourth-order valence-electron chi connectivity index (χ4n) is 3.62. The summed E-state index contributed by atoms with van der Waals surface area (Å²) in [5.41, 5.74) is 0.497. The number of carbonyl (C=O) groups is 1. The van der Waals surface area contributed by atoms with Crippen molar-refractivity contribution in [1.82, 2.24) is 14.7 Å². The van der Waals surface area contributed by atoms with Gasteiger partial charge in [-0.25, -0.2) is 4.99 Å². The van der Waals surface area contributed by atoms with Crippen molar-refractivity contribution in [2.75, 3.05) is 39.8 Å². The van der Waals surface area contributed by atoms with Gasteiger partial charge in [-0.1, -0.05) is 11.6 Å². The van der Waals surface area contributed by atoms with Gasteiger partial charge in [-0.2, -0.15) is 0 Å². The van der Waals surface area contributed by atoms with Crippen molar-refractivity contribution in [2.45, 2.75) is 13.0 Å². The highest BCUT2D eigenvalue weighted by atomic mass is 35.5. The second-order valence-corrected chi connectivity index (χ2v) is 7.27. The number of piperazine rings is 1. The number of fused-ring (bicyclic) bond motifs is 1. The number of aliphatic imine (C=N–C) groups is 2. The number of nitrogens with zero attached hydrogens (tertiary/aromatic N) is 5. The van der Waals surface area contributed by atoms with E-state index in [1.54, 1.807) is 25.3 Å². The van der Waals surface area contributed by atoms with Gasteiger partial charge in [-0.05, 0) is 25.1 Å². The third kappa shape index (κ3) is 3.39. The summed E-state index contributed by atoms with van der Waals surface area (Å²) in [7, 11) is 1.56. The van der Waals surface area contributed by atoms with Crippen LogP contribution in [0.25, 0.3) is 0 Å². The average Bonchev–Trinajstić information content (AvgIpc) is 3.07. The summed E-state index contributed by atoms with van der Waals surface area (Å²) >= 11 is 6.07. The second kappa shape index (κ2) is 7.23. The molecule has 1 aromatic rings. The molecule has 0 radical (unpaired) electrons. The number of carbonyl (C=O) groups excluding carboxylic acids is 1. The van der Waals surface area contributed by atoms with E-state index in [4.69, 9.17) is 21.3 Å². The molecule has 0 bridgehead atoms. The number of amidine groups is 2. The molecule has 1 amide bonds. The van der Waals surface area contributed by atoms with Gasteiger partial charge in [0.2, 0.25) is 0 Å². The number of amides is 1. The molecule has 3 aliphatic rings. The molecule has 0 aromatic heterocycles. The van der Waals surface area contributed by atoms with Crippen LogP contribution in [0.3, 0.4) is 0 Å². The minimum Gasteiger partial charge on any atom is -0.496 e. The van der Waals surface area contributed by atoms with E-state index in [0.717, 1.165) is 18.2 Å². The molecule has 0 saturated carbocycles. The third-order valence-electron chi connectivity index (χ3n) is 4.98. The molecular formula is C19H22ClN5O2. The van der Waals surface area contributed by atoms with Crippen molar-refractivity contribution in [3.05, 3.63) is 41.2 Å². The number of rotatable bonds is 2. The zero-order valence-electron chi connectivity index (χ0n) is 15.4. The lowest BCUT2D eigenvalue weighted by Crippen LogP contribution is -2.53. The predicted octanol–water partition coefficient (Wildman–Crippen LogP) is 2.09. The Morgan fingerprint density at radius 3 is 2.74 bits per heavy atom. The minimum atomic E-state index is -0.0621. The summed E-state index contributed by atoms with van der Waals surface area (Å²) in [6.45, 7) is 5.63. The Hall–Kier alpha value is -2.54. The quantitative estimate of drug-likeness (QED) is 0.779. The van der Waals surface area contributed by atoms with Gasteiger partial charge in [0.15, 0.2) is 11.7 Å². The number of methoxy groups -OCH3 is 1. The fourth-order valence-corrected chi connectivity index (χ4v) is 3.79. The molecule has 3 heterocycles. The van der Waals surface area contributed by atoms with Gasteiger partial charge in [-0.3, -0.25) is 9.79 Å². The fraction of sp³-hybridized carbons (Fsp3) is 0.421. The van der Waals surface area contributed by atoms with Crippen molar-refractivity contribution < 1.29 is 9.53 Å². The zero-order valence-corrected chi connectivity index (χ0v) is 16.2. The average molecular weight is 388 g/mol. The van der Waals surface area contributed by atoms with E-state index in [0.29, 0.717) is 42.5 Å². The van der Waals surface area contributed by atoms with Crippen LogP contribution in [-0.2, 0) is 0 Å². The van der Waals surface area contributed by atoms with Crippen LogP contribution in [0.15, 0.2) is 40.6 Å². The van der Waals surface area contributed by atoms with Gasteiger partial charge in [-0.15, -0.1) is 0 Å². The maximum Gasteiger partial charge on any atom is 0.257 e. The monoisotopic (exact) mass is 387 g/mol. The topological polar surface area (TPSA) is 60.7 Å². The van der Waals surface area contributed by atoms with Gasteiger partial charge >= 0.3 is 0 Å². The van der Waals surface area contributed by atoms with E-state index < -0.39 is 0 Å². The Morgan fingerprint density at radius 2 is 2.00 bits per heavy atom. The molecule has 1 aromatic carbocycles. The maximum absolute atomic E-state index is 12.9. The first-order chi connectivity index (χ1) is 13.1. The first kappa shape index (κ1) is 17.9. The predicted molar refractivity (Wildman–Crippen MR) is 106 cm³/mol. The van der Waals surface area contributed by atoms with Crippen LogP contribution in [-0.4, -0.2) is 78.2 Å². The van der Waals surface area contributed by atoms with Crippen LogP contribution in [0.4, 0.5) is 0 Å². The van der Waals surface area contributed by atoms with Crippen LogP contribution in [0, 0.1) is 0 Å². The minimum absolute atomic E-state index is 0.0621. The number of halogens is 1. The second-order valence-electron chi connectivity index (χ2n) is 6.83. The lowest BCUT2D eigenvalue weighted by Gasteiger charge is -2.37. The highest BCUT2D eigenvalue weighted by Gasteiger charge is 2.32. The van der Waals surface area contributed by atoms with Crippen molar-refractivity contribution in [1.29, 1.82) is 0 Å². The molecule has 1 atom stereocenters. The molecule has 4 rings (SSSR count). The normalized spacial score (nSPS) is 21.7. The number of hydrogen-bond acceptors (Lipinski definition) is 6. The number of hydrogen-bond donors (Lipinski definition) is 0. The Labute approximate surface area is 163 Å². The molecule has 1 saturated heterocycles. The number of ether oxygens (including phenoxy) is 1. The Kier molecular flexibility index (Phi) is 4.78. The van der Waals surface area contributed by atoms with Gasteiger partial charge in [0.05, 0.1) is 18.7 Å². The molecule has 8 heteroatoms. The summed E-state index contributed by atoms with van der Waals surface area (Å²) in [5.74, 6) is 2.31. The SMILES string of the molecule is COc1ccc(Cl)cc1C(=O)N1CCN(C2=NC=CN3CC(C)N=C23)CC1. The number of benzene rings is 1. The van der Waals surface area contributed by atoms with Gasteiger partial charge in [0.1, 0.15) is 5.75 Å². The smallest absolute Gasteiger partial charge is 0.257 e.